The van der Waals surface area contributed by atoms with E-state index in [4.69, 9.17) is 0 Å². The maximum atomic E-state index is 11.4. The number of hydrogen-bond donors (Lipinski definition) is 0. The van der Waals surface area contributed by atoms with Gasteiger partial charge in [-0.3, -0.25) is 9.59 Å². The van der Waals surface area contributed by atoms with E-state index in [2.05, 4.69) is 19.9 Å². The van der Waals surface area contributed by atoms with Crippen LogP contribution in [0, 0.1) is 0 Å². The summed E-state index contributed by atoms with van der Waals surface area (Å²) in [6.07, 6.45) is 15.6. The molecule has 0 N–H and O–H groups in total. The van der Waals surface area contributed by atoms with Gasteiger partial charge < -0.3 is 0 Å². The van der Waals surface area contributed by atoms with Gasteiger partial charge in [0, 0.05) is 6.42 Å². The molecule has 2 heteroatoms. The van der Waals surface area contributed by atoms with E-state index < -0.39 is 0 Å². The number of carbonyl (C=O) groups is 2. The summed E-state index contributed by atoms with van der Waals surface area (Å²) in [6.45, 7) is 4.18. The standard InChI is InChI=1S/C16H24O2/c1-3-5-7-8-10-12-16(18)14-13-15(17)11-9-6-4-2/h7-9,11,13-14H,3-6,10,12H2,1-2H3. The minimum absolute atomic E-state index is 0.00777. The topological polar surface area (TPSA) is 34.1 Å². The SMILES string of the molecule is CCCC=CCCC(=O)C=CC(=O)C=CCCC. The Morgan fingerprint density at radius 1 is 0.778 bits per heavy atom. The lowest BCUT2D eigenvalue weighted by Gasteiger charge is -1.90. The molecule has 0 fully saturated rings. The average Bonchev–Trinajstić information content (AvgIpc) is 2.36. The molecular weight excluding hydrogens is 224 g/mol. The third-order valence-corrected chi connectivity index (χ3v) is 2.35. The predicted molar refractivity (Wildman–Crippen MR) is 76.5 cm³/mol. The van der Waals surface area contributed by atoms with Crippen LogP contribution in [-0.2, 0) is 9.59 Å². The highest BCUT2D eigenvalue weighted by atomic mass is 16.1. The highest BCUT2D eigenvalue weighted by Crippen LogP contribution is 1.97. The van der Waals surface area contributed by atoms with Crippen LogP contribution in [0.5, 0.6) is 0 Å². The number of ketones is 2. The van der Waals surface area contributed by atoms with E-state index in [-0.39, 0.29) is 11.6 Å². The summed E-state index contributed by atoms with van der Waals surface area (Å²) in [5.74, 6) is -0.105. The Morgan fingerprint density at radius 2 is 1.39 bits per heavy atom. The predicted octanol–water partition coefficient (Wildman–Crippen LogP) is 4.17. The second kappa shape index (κ2) is 12.0. The van der Waals surface area contributed by atoms with Crippen LogP contribution in [0.4, 0.5) is 0 Å². The van der Waals surface area contributed by atoms with Crippen LogP contribution in [0.3, 0.4) is 0 Å². The average molecular weight is 248 g/mol. The fourth-order valence-electron chi connectivity index (χ4n) is 1.31. The Kier molecular flexibility index (Phi) is 11.1. The van der Waals surface area contributed by atoms with Crippen LogP contribution < -0.4 is 0 Å². The lowest BCUT2D eigenvalue weighted by molar-refractivity contribution is -0.115. The maximum absolute atomic E-state index is 11.4. The van der Waals surface area contributed by atoms with Gasteiger partial charge in [0.2, 0.25) is 0 Å². The van der Waals surface area contributed by atoms with Gasteiger partial charge in [0.05, 0.1) is 0 Å². The van der Waals surface area contributed by atoms with E-state index in [1.54, 1.807) is 0 Å². The summed E-state index contributed by atoms with van der Waals surface area (Å²) >= 11 is 0. The monoisotopic (exact) mass is 248 g/mol. The Bertz CT molecular complexity index is 322. The first-order valence-electron chi connectivity index (χ1n) is 6.77. The summed E-state index contributed by atoms with van der Waals surface area (Å²) in [5, 5.41) is 0. The molecule has 0 saturated heterocycles. The third kappa shape index (κ3) is 11.1. The van der Waals surface area contributed by atoms with Crippen LogP contribution in [-0.4, -0.2) is 11.6 Å². The number of unbranched alkanes of at least 4 members (excludes halogenated alkanes) is 2. The molecule has 0 saturated carbocycles. The van der Waals surface area contributed by atoms with E-state index in [9.17, 15) is 9.59 Å². The lowest BCUT2D eigenvalue weighted by atomic mass is 10.1. The zero-order chi connectivity index (χ0) is 13.6. The molecule has 0 aliphatic heterocycles. The van der Waals surface area contributed by atoms with E-state index in [0.29, 0.717) is 6.42 Å². The molecule has 2 nitrogen and oxygen atoms in total. The van der Waals surface area contributed by atoms with Gasteiger partial charge in [-0.15, -0.1) is 0 Å². The van der Waals surface area contributed by atoms with Crippen molar-refractivity contribution in [1.82, 2.24) is 0 Å². The van der Waals surface area contributed by atoms with Crippen LogP contribution in [0.2, 0.25) is 0 Å². The van der Waals surface area contributed by atoms with E-state index in [1.807, 2.05) is 12.2 Å². The van der Waals surface area contributed by atoms with Crippen molar-refractivity contribution in [1.29, 1.82) is 0 Å². The highest BCUT2D eigenvalue weighted by Gasteiger charge is 1.95. The fraction of sp³-hybridized carbons (Fsp3) is 0.500. The summed E-state index contributed by atoms with van der Waals surface area (Å²) in [4.78, 5) is 22.7. The normalized spacial score (nSPS) is 11.9. The molecule has 0 amide bonds. The van der Waals surface area contributed by atoms with E-state index in [0.717, 1.165) is 32.1 Å². The zero-order valence-corrected chi connectivity index (χ0v) is 11.5. The van der Waals surface area contributed by atoms with Crippen molar-refractivity contribution in [2.24, 2.45) is 0 Å². The van der Waals surface area contributed by atoms with Crippen molar-refractivity contribution in [3.63, 3.8) is 0 Å². The first-order valence-corrected chi connectivity index (χ1v) is 6.77. The van der Waals surface area contributed by atoms with Crippen molar-refractivity contribution in [3.05, 3.63) is 36.5 Å². The van der Waals surface area contributed by atoms with Gasteiger partial charge in [0.1, 0.15) is 0 Å². The molecule has 0 aliphatic rings. The van der Waals surface area contributed by atoms with Gasteiger partial charge in [-0.25, -0.2) is 0 Å². The minimum Gasteiger partial charge on any atom is -0.295 e. The molecule has 0 rings (SSSR count). The third-order valence-electron chi connectivity index (χ3n) is 2.35. The summed E-state index contributed by atoms with van der Waals surface area (Å²) in [6, 6.07) is 0. The number of carbonyl (C=O) groups excluding carboxylic acids is 2. The van der Waals surface area contributed by atoms with E-state index >= 15 is 0 Å². The van der Waals surface area contributed by atoms with Gasteiger partial charge in [0.25, 0.3) is 0 Å². The van der Waals surface area contributed by atoms with Gasteiger partial charge in [-0.1, -0.05) is 44.9 Å². The number of rotatable bonds is 10. The second-order valence-electron chi connectivity index (χ2n) is 4.19. The molecule has 0 aromatic rings. The Balaban J connectivity index is 3.82. The first-order chi connectivity index (χ1) is 8.70. The van der Waals surface area contributed by atoms with Crippen LogP contribution in [0.1, 0.15) is 52.4 Å². The smallest absolute Gasteiger partial charge is 0.178 e. The molecule has 0 aromatic carbocycles. The van der Waals surface area contributed by atoms with Crippen LogP contribution in [0.15, 0.2) is 36.5 Å². The van der Waals surface area contributed by atoms with Crippen molar-refractivity contribution in [2.75, 3.05) is 0 Å². The molecule has 100 valence electrons. The number of hydrogen-bond acceptors (Lipinski definition) is 2. The van der Waals surface area contributed by atoms with Gasteiger partial charge >= 0.3 is 0 Å². The lowest BCUT2D eigenvalue weighted by Crippen LogP contribution is -1.93. The largest absolute Gasteiger partial charge is 0.295 e. The molecule has 0 atom stereocenters. The van der Waals surface area contributed by atoms with Crippen molar-refractivity contribution in [3.8, 4) is 0 Å². The van der Waals surface area contributed by atoms with Crippen molar-refractivity contribution in [2.45, 2.75) is 52.4 Å². The molecule has 0 unspecified atom stereocenters. The zero-order valence-electron chi connectivity index (χ0n) is 11.5. The van der Waals surface area contributed by atoms with Crippen molar-refractivity contribution < 1.29 is 9.59 Å². The van der Waals surface area contributed by atoms with Gasteiger partial charge in [-0.05, 0) is 37.5 Å². The molecule has 18 heavy (non-hydrogen) atoms. The van der Waals surface area contributed by atoms with E-state index in [1.165, 1.54) is 18.2 Å². The Hall–Kier alpha value is -1.44. The minimum atomic E-state index is -0.113. The Morgan fingerprint density at radius 3 is 2.06 bits per heavy atom. The molecule has 0 aromatic heterocycles. The fourth-order valence-corrected chi connectivity index (χ4v) is 1.31. The molecular formula is C16H24O2. The second-order valence-corrected chi connectivity index (χ2v) is 4.19. The molecule has 0 spiro atoms. The quantitative estimate of drug-likeness (QED) is 0.429. The van der Waals surface area contributed by atoms with Crippen LogP contribution >= 0.6 is 0 Å². The molecule has 0 radical (unpaired) electrons. The molecule has 0 heterocycles. The first kappa shape index (κ1) is 16.6. The Labute approximate surface area is 110 Å². The molecule has 0 aliphatic carbocycles. The summed E-state index contributed by atoms with van der Waals surface area (Å²) in [5.41, 5.74) is 0. The summed E-state index contributed by atoms with van der Waals surface area (Å²) in [7, 11) is 0. The van der Waals surface area contributed by atoms with Gasteiger partial charge in [-0.2, -0.15) is 0 Å². The molecule has 0 bridgehead atoms. The number of allylic oxidation sites excluding steroid dienone is 6. The van der Waals surface area contributed by atoms with Crippen molar-refractivity contribution >= 4 is 11.6 Å². The summed E-state index contributed by atoms with van der Waals surface area (Å²) < 4.78 is 0. The van der Waals surface area contributed by atoms with Gasteiger partial charge in [0.15, 0.2) is 11.6 Å². The maximum Gasteiger partial charge on any atom is 0.178 e. The van der Waals surface area contributed by atoms with Crippen LogP contribution in [0.25, 0.3) is 0 Å². The highest BCUT2D eigenvalue weighted by molar-refractivity contribution is 6.04.